The predicted molar refractivity (Wildman–Crippen MR) is 49.6 cm³/mol. The largest absolute Gasteiger partial charge is 0.475 e. The molecule has 1 heterocycles. The monoisotopic (exact) mass is 216 g/mol. The van der Waals surface area contributed by atoms with Crippen molar-refractivity contribution in [2.24, 2.45) is 0 Å². The van der Waals surface area contributed by atoms with Gasteiger partial charge in [-0.15, -0.1) is 0 Å². The van der Waals surface area contributed by atoms with Crippen molar-refractivity contribution in [3.8, 4) is 0 Å². The molecule has 1 aromatic heterocycles. The maximum absolute atomic E-state index is 11.2. The second-order valence-corrected chi connectivity index (χ2v) is 3.42. The highest BCUT2D eigenvalue weighted by Crippen LogP contribution is 2.19. The van der Waals surface area contributed by atoms with E-state index in [2.05, 4.69) is 5.10 Å². The first-order chi connectivity index (χ1) is 6.45. The molecule has 0 aliphatic rings. The lowest BCUT2D eigenvalue weighted by atomic mass is 10.2. The highest BCUT2D eigenvalue weighted by molar-refractivity contribution is 6.44. The summed E-state index contributed by atoms with van der Waals surface area (Å²) in [6, 6.07) is -0.110. The summed E-state index contributed by atoms with van der Waals surface area (Å²) in [5.74, 6) is -2.57. The second kappa shape index (κ2) is 3.79. The summed E-state index contributed by atoms with van der Waals surface area (Å²) in [5.41, 5.74) is -0.0748. The van der Waals surface area contributed by atoms with Crippen LogP contribution in [0.3, 0.4) is 0 Å². The highest BCUT2D eigenvalue weighted by Gasteiger charge is 2.24. The molecule has 6 heteroatoms. The number of carboxylic acids is 1. The molecular formula is C8H9ClN2O3. The van der Waals surface area contributed by atoms with Crippen molar-refractivity contribution >= 4 is 23.4 Å². The number of halogens is 1. The number of aromatic nitrogens is 2. The third-order valence-electron chi connectivity index (χ3n) is 1.65. The van der Waals surface area contributed by atoms with E-state index in [9.17, 15) is 9.59 Å². The molecule has 0 aliphatic heterocycles. The average molecular weight is 217 g/mol. The molecule has 0 fully saturated rings. The number of nitrogens with zero attached hydrogens (tertiary/aromatic N) is 2. The van der Waals surface area contributed by atoms with Crippen molar-refractivity contribution in [1.82, 2.24) is 9.78 Å². The average Bonchev–Trinajstić information content (AvgIpc) is 2.45. The Morgan fingerprint density at radius 3 is 2.57 bits per heavy atom. The third-order valence-corrected chi connectivity index (χ3v) is 1.93. The van der Waals surface area contributed by atoms with Crippen LogP contribution in [0.15, 0.2) is 6.20 Å². The zero-order chi connectivity index (χ0) is 10.9. The Balaban J connectivity index is 3.24. The number of ketones is 1. The number of Topliss-reactive ketones (excluding diaryl/α,β-unsaturated/α-hetero) is 1. The molecule has 0 amide bonds. The first kappa shape index (κ1) is 10.7. The Kier molecular flexibility index (Phi) is 2.90. The molecule has 0 aromatic carbocycles. The molecule has 14 heavy (non-hydrogen) atoms. The SMILES string of the molecule is CC(C)n1ncc(Cl)c1C(=O)C(=O)O. The van der Waals surface area contributed by atoms with Crippen LogP contribution >= 0.6 is 11.6 Å². The van der Waals surface area contributed by atoms with Crippen LogP contribution in [0.5, 0.6) is 0 Å². The normalized spacial score (nSPS) is 10.6. The Bertz CT molecular complexity index is 384. The van der Waals surface area contributed by atoms with Gasteiger partial charge in [0.1, 0.15) is 5.69 Å². The number of rotatable bonds is 3. The van der Waals surface area contributed by atoms with Crippen molar-refractivity contribution in [2.75, 3.05) is 0 Å². The van der Waals surface area contributed by atoms with Crippen molar-refractivity contribution in [2.45, 2.75) is 19.9 Å². The van der Waals surface area contributed by atoms with Gasteiger partial charge in [0.25, 0.3) is 5.78 Å². The standard InChI is InChI=1S/C8H9ClN2O3/c1-4(2)11-6(5(9)3-10-11)7(12)8(13)14/h3-4H,1-2H3,(H,13,14). The number of carbonyl (C=O) groups excluding carboxylic acids is 1. The quantitative estimate of drug-likeness (QED) is 0.612. The molecule has 0 unspecified atom stereocenters. The van der Waals surface area contributed by atoms with E-state index >= 15 is 0 Å². The second-order valence-electron chi connectivity index (χ2n) is 3.01. The number of hydrogen-bond acceptors (Lipinski definition) is 3. The summed E-state index contributed by atoms with van der Waals surface area (Å²) < 4.78 is 1.29. The minimum Gasteiger partial charge on any atom is -0.475 e. The molecule has 0 radical (unpaired) electrons. The van der Waals surface area contributed by atoms with Gasteiger partial charge in [-0.25, -0.2) is 4.79 Å². The van der Waals surface area contributed by atoms with Gasteiger partial charge in [0.2, 0.25) is 0 Å². The van der Waals surface area contributed by atoms with Gasteiger partial charge in [-0.05, 0) is 13.8 Å². The molecule has 0 saturated heterocycles. The van der Waals surface area contributed by atoms with Crippen LogP contribution in [-0.2, 0) is 4.79 Å². The van der Waals surface area contributed by atoms with E-state index in [4.69, 9.17) is 16.7 Å². The van der Waals surface area contributed by atoms with Crippen LogP contribution in [0.25, 0.3) is 0 Å². The molecule has 0 atom stereocenters. The summed E-state index contributed by atoms with van der Waals surface area (Å²) in [7, 11) is 0. The van der Waals surface area contributed by atoms with E-state index in [1.165, 1.54) is 10.9 Å². The van der Waals surface area contributed by atoms with E-state index in [-0.39, 0.29) is 16.8 Å². The summed E-state index contributed by atoms with van der Waals surface area (Å²) >= 11 is 5.66. The Labute approximate surface area is 85.3 Å². The minimum absolute atomic E-state index is 0.0612. The third kappa shape index (κ3) is 1.77. The van der Waals surface area contributed by atoms with Crippen molar-refractivity contribution in [3.63, 3.8) is 0 Å². The van der Waals surface area contributed by atoms with E-state index in [1.807, 2.05) is 0 Å². The van der Waals surface area contributed by atoms with Crippen LogP contribution in [0.1, 0.15) is 30.4 Å². The van der Waals surface area contributed by atoms with Crippen LogP contribution < -0.4 is 0 Å². The van der Waals surface area contributed by atoms with Crippen LogP contribution in [0, 0.1) is 0 Å². The number of carboxylic acid groups (broad SMARTS) is 1. The van der Waals surface area contributed by atoms with Gasteiger partial charge in [0.05, 0.1) is 11.2 Å². The predicted octanol–water partition coefficient (Wildman–Crippen LogP) is 1.38. The number of aliphatic carboxylic acids is 1. The van der Waals surface area contributed by atoms with Gasteiger partial charge < -0.3 is 5.11 Å². The fourth-order valence-corrected chi connectivity index (χ4v) is 1.26. The van der Waals surface area contributed by atoms with Crippen LogP contribution in [0.2, 0.25) is 5.02 Å². The molecule has 0 aliphatic carbocycles. The van der Waals surface area contributed by atoms with Gasteiger partial charge in [0, 0.05) is 6.04 Å². The van der Waals surface area contributed by atoms with Gasteiger partial charge in [-0.1, -0.05) is 11.6 Å². The lowest BCUT2D eigenvalue weighted by Gasteiger charge is -2.08. The molecule has 1 rings (SSSR count). The lowest BCUT2D eigenvalue weighted by Crippen LogP contribution is -2.19. The Morgan fingerprint density at radius 1 is 1.57 bits per heavy atom. The molecule has 5 nitrogen and oxygen atoms in total. The van der Waals surface area contributed by atoms with Crippen molar-refractivity contribution < 1.29 is 14.7 Å². The molecule has 1 aromatic rings. The van der Waals surface area contributed by atoms with Crippen LogP contribution in [-0.4, -0.2) is 26.6 Å². The van der Waals surface area contributed by atoms with Crippen molar-refractivity contribution in [1.29, 1.82) is 0 Å². The molecule has 0 saturated carbocycles. The maximum Gasteiger partial charge on any atom is 0.378 e. The molecule has 1 N–H and O–H groups in total. The summed E-state index contributed by atoms with van der Waals surface area (Å²) in [5, 5.41) is 12.4. The molecule has 0 bridgehead atoms. The van der Waals surface area contributed by atoms with Gasteiger partial charge in [0.15, 0.2) is 0 Å². The Morgan fingerprint density at radius 2 is 2.14 bits per heavy atom. The summed E-state index contributed by atoms with van der Waals surface area (Å²) in [4.78, 5) is 21.7. The Hall–Kier alpha value is -1.36. The topological polar surface area (TPSA) is 72.2 Å². The molecule has 0 spiro atoms. The first-order valence-corrected chi connectivity index (χ1v) is 4.33. The van der Waals surface area contributed by atoms with E-state index in [1.54, 1.807) is 13.8 Å². The zero-order valence-electron chi connectivity index (χ0n) is 7.69. The maximum atomic E-state index is 11.2. The highest BCUT2D eigenvalue weighted by atomic mass is 35.5. The fourth-order valence-electron chi connectivity index (χ4n) is 1.05. The number of hydrogen-bond donors (Lipinski definition) is 1. The van der Waals surface area contributed by atoms with E-state index < -0.39 is 11.8 Å². The smallest absolute Gasteiger partial charge is 0.378 e. The number of carbonyl (C=O) groups is 2. The molecule has 76 valence electrons. The first-order valence-electron chi connectivity index (χ1n) is 3.95. The van der Waals surface area contributed by atoms with Gasteiger partial charge in [-0.3, -0.25) is 9.48 Å². The summed E-state index contributed by atoms with van der Waals surface area (Å²) in [6.45, 7) is 3.56. The lowest BCUT2D eigenvalue weighted by molar-refractivity contribution is -0.131. The van der Waals surface area contributed by atoms with Gasteiger partial charge >= 0.3 is 5.97 Å². The van der Waals surface area contributed by atoms with Crippen molar-refractivity contribution in [3.05, 3.63) is 16.9 Å². The minimum atomic E-state index is -1.53. The molecular weight excluding hydrogens is 208 g/mol. The van der Waals surface area contributed by atoms with E-state index in [0.29, 0.717) is 0 Å². The fraction of sp³-hybridized carbons (Fsp3) is 0.375. The van der Waals surface area contributed by atoms with E-state index in [0.717, 1.165) is 0 Å². The van der Waals surface area contributed by atoms with Gasteiger partial charge in [-0.2, -0.15) is 5.10 Å². The summed E-state index contributed by atoms with van der Waals surface area (Å²) in [6.07, 6.45) is 1.26. The zero-order valence-corrected chi connectivity index (χ0v) is 8.45. The van der Waals surface area contributed by atoms with Crippen LogP contribution in [0.4, 0.5) is 0 Å².